The van der Waals surface area contributed by atoms with Gasteiger partial charge in [0, 0.05) is 17.5 Å². The number of ether oxygens (including phenoxy) is 1. The largest absolute Gasteiger partial charge is 0.465 e. The minimum atomic E-state index is -0.308. The number of benzene rings is 1. The van der Waals surface area contributed by atoms with Crippen LogP contribution in [0.4, 0.5) is 4.39 Å². The molecule has 1 N–H and O–H groups in total. The summed E-state index contributed by atoms with van der Waals surface area (Å²) in [6.07, 6.45) is 2.39. The van der Waals surface area contributed by atoms with Crippen molar-refractivity contribution in [3.8, 4) is 0 Å². The number of halogens is 1. The Morgan fingerprint density at radius 2 is 2.32 bits per heavy atom. The number of nitrogens with one attached hydrogen (secondary N) is 1. The van der Waals surface area contributed by atoms with E-state index in [4.69, 9.17) is 4.74 Å². The Hall–Kier alpha value is -1.07. The number of hydrogen-bond acceptors (Lipinski definition) is 4. The van der Waals surface area contributed by atoms with Gasteiger partial charge in [-0.3, -0.25) is 4.79 Å². The van der Waals surface area contributed by atoms with Crippen LogP contribution in [0.2, 0.25) is 0 Å². The summed E-state index contributed by atoms with van der Waals surface area (Å²) in [7, 11) is 0. The zero-order valence-electron chi connectivity index (χ0n) is 10.9. The van der Waals surface area contributed by atoms with Gasteiger partial charge in [-0.25, -0.2) is 4.39 Å². The average molecular weight is 283 g/mol. The predicted molar refractivity (Wildman–Crippen MR) is 73.6 cm³/mol. The molecule has 1 aromatic rings. The number of carbonyl (C=O) groups excluding carboxylic acids is 1. The number of thioether (sulfide) groups is 1. The topological polar surface area (TPSA) is 38.3 Å². The lowest BCUT2D eigenvalue weighted by Crippen LogP contribution is -2.16. The van der Waals surface area contributed by atoms with E-state index in [-0.39, 0.29) is 17.5 Å². The van der Waals surface area contributed by atoms with Gasteiger partial charge in [0.25, 0.3) is 0 Å². The molecular weight excluding hydrogens is 265 g/mol. The van der Waals surface area contributed by atoms with Gasteiger partial charge in [-0.05, 0) is 31.4 Å². The first kappa shape index (κ1) is 14.3. The lowest BCUT2D eigenvalue weighted by molar-refractivity contribution is -0.139. The second kappa shape index (κ2) is 6.91. The Balaban J connectivity index is 1.97. The summed E-state index contributed by atoms with van der Waals surface area (Å²) in [6.45, 7) is 2.76. The maximum atomic E-state index is 13.8. The summed E-state index contributed by atoms with van der Waals surface area (Å²) in [5.74, 6) is -0.438. The Labute approximate surface area is 116 Å². The molecule has 0 bridgehead atoms. The van der Waals surface area contributed by atoms with E-state index in [1.807, 2.05) is 6.07 Å². The summed E-state index contributed by atoms with van der Waals surface area (Å²) in [5, 5.41) is 3.36. The van der Waals surface area contributed by atoms with Crippen LogP contribution < -0.4 is 5.32 Å². The summed E-state index contributed by atoms with van der Waals surface area (Å²) in [5.41, 5.74) is 0.904. The molecule has 1 aromatic carbocycles. The van der Waals surface area contributed by atoms with E-state index >= 15 is 0 Å². The van der Waals surface area contributed by atoms with Crippen molar-refractivity contribution in [3.05, 3.63) is 29.6 Å². The molecular formula is C14H18FNO2S. The highest BCUT2D eigenvalue weighted by Gasteiger charge is 2.21. The predicted octanol–water partition coefficient (Wildman–Crippen LogP) is 2.73. The van der Waals surface area contributed by atoms with E-state index in [9.17, 15) is 9.18 Å². The highest BCUT2D eigenvalue weighted by atomic mass is 32.2. The SMILES string of the molecule is CCOC(=O)CSc1c(F)cccc1CNC1CC1. The number of rotatable bonds is 7. The third-order valence-corrected chi connectivity index (χ3v) is 3.97. The van der Waals surface area contributed by atoms with Crippen LogP contribution in [0, 0.1) is 5.82 Å². The fourth-order valence-corrected chi connectivity index (χ4v) is 2.61. The first-order chi connectivity index (χ1) is 9.20. The fourth-order valence-electron chi connectivity index (χ4n) is 1.73. The Bertz CT molecular complexity index is 449. The number of esters is 1. The summed E-state index contributed by atoms with van der Waals surface area (Å²) < 4.78 is 18.7. The van der Waals surface area contributed by atoms with Crippen molar-refractivity contribution in [2.75, 3.05) is 12.4 Å². The third kappa shape index (κ3) is 4.51. The normalized spacial score (nSPS) is 14.4. The van der Waals surface area contributed by atoms with Crippen LogP contribution in [0.3, 0.4) is 0 Å². The van der Waals surface area contributed by atoms with Crippen LogP contribution >= 0.6 is 11.8 Å². The smallest absolute Gasteiger partial charge is 0.316 e. The summed E-state index contributed by atoms with van der Waals surface area (Å²) in [4.78, 5) is 11.9. The molecule has 1 aliphatic carbocycles. The molecule has 0 radical (unpaired) electrons. The molecule has 3 nitrogen and oxygen atoms in total. The molecule has 1 saturated carbocycles. The highest BCUT2D eigenvalue weighted by Crippen LogP contribution is 2.27. The van der Waals surface area contributed by atoms with Crippen molar-refractivity contribution in [3.63, 3.8) is 0 Å². The molecule has 0 spiro atoms. The van der Waals surface area contributed by atoms with Gasteiger partial charge in [0.1, 0.15) is 5.82 Å². The molecule has 0 aliphatic heterocycles. The quantitative estimate of drug-likeness (QED) is 0.617. The molecule has 0 atom stereocenters. The first-order valence-electron chi connectivity index (χ1n) is 6.50. The van der Waals surface area contributed by atoms with Crippen molar-refractivity contribution in [1.82, 2.24) is 5.32 Å². The van der Waals surface area contributed by atoms with E-state index < -0.39 is 0 Å². The molecule has 104 valence electrons. The number of carbonyl (C=O) groups is 1. The molecule has 1 fully saturated rings. The zero-order valence-corrected chi connectivity index (χ0v) is 11.8. The van der Waals surface area contributed by atoms with Gasteiger partial charge < -0.3 is 10.1 Å². The maximum absolute atomic E-state index is 13.8. The van der Waals surface area contributed by atoms with Crippen LogP contribution in [-0.4, -0.2) is 24.4 Å². The lowest BCUT2D eigenvalue weighted by Gasteiger charge is -2.10. The molecule has 0 saturated heterocycles. The standard InChI is InChI=1S/C14H18FNO2S/c1-2-18-13(17)9-19-14-10(4-3-5-12(14)15)8-16-11-6-7-11/h3-5,11,16H,2,6-9H2,1H3. The zero-order chi connectivity index (χ0) is 13.7. The van der Waals surface area contributed by atoms with Crippen molar-refractivity contribution in [1.29, 1.82) is 0 Å². The molecule has 0 heterocycles. The first-order valence-corrected chi connectivity index (χ1v) is 7.48. The summed E-state index contributed by atoms with van der Waals surface area (Å²) >= 11 is 1.20. The Morgan fingerprint density at radius 3 is 3.00 bits per heavy atom. The van der Waals surface area contributed by atoms with Gasteiger partial charge in [0.2, 0.25) is 0 Å². The average Bonchev–Trinajstić information content (AvgIpc) is 3.19. The maximum Gasteiger partial charge on any atom is 0.316 e. The van der Waals surface area contributed by atoms with Crippen LogP contribution in [0.15, 0.2) is 23.1 Å². The van der Waals surface area contributed by atoms with Crippen molar-refractivity contribution in [2.24, 2.45) is 0 Å². The van der Waals surface area contributed by atoms with Crippen LogP contribution in [0.1, 0.15) is 25.3 Å². The monoisotopic (exact) mass is 283 g/mol. The minimum absolute atomic E-state index is 0.144. The van der Waals surface area contributed by atoms with E-state index in [1.165, 1.54) is 30.7 Å². The van der Waals surface area contributed by atoms with Crippen molar-refractivity contribution in [2.45, 2.75) is 37.2 Å². The Morgan fingerprint density at radius 1 is 1.53 bits per heavy atom. The third-order valence-electron chi connectivity index (χ3n) is 2.85. The van der Waals surface area contributed by atoms with Crippen LogP contribution in [0.25, 0.3) is 0 Å². The van der Waals surface area contributed by atoms with Gasteiger partial charge in [0.15, 0.2) is 0 Å². The lowest BCUT2D eigenvalue weighted by atomic mass is 10.2. The summed E-state index contributed by atoms with van der Waals surface area (Å²) in [6, 6.07) is 5.60. The molecule has 1 aliphatic rings. The Kier molecular flexibility index (Phi) is 5.22. The van der Waals surface area contributed by atoms with Crippen LogP contribution in [-0.2, 0) is 16.1 Å². The van der Waals surface area contributed by atoms with Crippen molar-refractivity contribution < 1.29 is 13.9 Å². The second-order valence-electron chi connectivity index (χ2n) is 4.48. The van der Waals surface area contributed by atoms with E-state index in [2.05, 4.69) is 5.32 Å². The highest BCUT2D eigenvalue weighted by molar-refractivity contribution is 8.00. The van der Waals surface area contributed by atoms with E-state index in [0.29, 0.717) is 24.1 Å². The molecule has 0 aromatic heterocycles. The van der Waals surface area contributed by atoms with Gasteiger partial charge in [-0.1, -0.05) is 12.1 Å². The van der Waals surface area contributed by atoms with Gasteiger partial charge in [-0.15, -0.1) is 11.8 Å². The molecule has 2 rings (SSSR count). The molecule has 0 unspecified atom stereocenters. The van der Waals surface area contributed by atoms with E-state index in [0.717, 1.165) is 5.56 Å². The van der Waals surface area contributed by atoms with Crippen LogP contribution in [0.5, 0.6) is 0 Å². The number of hydrogen-bond donors (Lipinski definition) is 1. The fraction of sp³-hybridized carbons (Fsp3) is 0.500. The van der Waals surface area contributed by atoms with Gasteiger partial charge >= 0.3 is 5.97 Å². The molecule has 0 amide bonds. The van der Waals surface area contributed by atoms with Crippen molar-refractivity contribution >= 4 is 17.7 Å². The van der Waals surface area contributed by atoms with Gasteiger partial charge in [-0.2, -0.15) is 0 Å². The van der Waals surface area contributed by atoms with Gasteiger partial charge in [0.05, 0.1) is 12.4 Å². The van der Waals surface area contributed by atoms with E-state index in [1.54, 1.807) is 13.0 Å². The second-order valence-corrected chi connectivity index (χ2v) is 5.46. The molecule has 5 heteroatoms. The molecule has 19 heavy (non-hydrogen) atoms. The minimum Gasteiger partial charge on any atom is -0.465 e.